The molecule has 2 N–H and O–H groups in total. The third-order valence-corrected chi connectivity index (χ3v) is 7.07. The van der Waals surface area contributed by atoms with E-state index in [9.17, 15) is 9.59 Å². The Balaban J connectivity index is 1.17. The first-order valence-corrected chi connectivity index (χ1v) is 12.1. The lowest BCUT2D eigenvalue weighted by Gasteiger charge is -2.21. The lowest BCUT2D eigenvalue weighted by Crippen LogP contribution is -2.40. The molecule has 3 aliphatic heterocycles. The van der Waals surface area contributed by atoms with Crippen LogP contribution in [0.4, 0.5) is 5.69 Å². The number of nitrogens with zero attached hydrogens (tertiary/aromatic N) is 1. The highest BCUT2D eigenvalue weighted by atomic mass is 16.7. The fourth-order valence-electron chi connectivity index (χ4n) is 5.28. The molecule has 3 aliphatic rings. The fourth-order valence-corrected chi connectivity index (χ4v) is 5.28. The zero-order chi connectivity index (χ0) is 24.6. The van der Waals surface area contributed by atoms with Crippen LogP contribution in [-0.4, -0.2) is 55.8 Å². The Labute approximate surface area is 209 Å². The lowest BCUT2D eigenvalue weighted by atomic mass is 10.0. The van der Waals surface area contributed by atoms with E-state index in [1.807, 2.05) is 65.6 Å². The van der Waals surface area contributed by atoms with Gasteiger partial charge in [0, 0.05) is 30.4 Å². The Morgan fingerprint density at radius 1 is 1.08 bits per heavy atom. The molecule has 1 saturated heterocycles. The average molecular weight is 486 g/mol. The fraction of sp³-hybridized carbons (Fsp3) is 0.286. The number of hydrogen-bond donors (Lipinski definition) is 2. The summed E-state index contributed by atoms with van der Waals surface area (Å²) in [4.78, 5) is 28.3. The summed E-state index contributed by atoms with van der Waals surface area (Å²) in [5.74, 6) is 2.03. The van der Waals surface area contributed by atoms with Crippen molar-refractivity contribution in [3.05, 3.63) is 71.8 Å². The maximum absolute atomic E-state index is 13.6. The van der Waals surface area contributed by atoms with Crippen LogP contribution in [0.5, 0.6) is 17.2 Å². The van der Waals surface area contributed by atoms with E-state index in [0.29, 0.717) is 36.6 Å². The van der Waals surface area contributed by atoms with Crippen LogP contribution >= 0.6 is 0 Å². The number of hydrogen-bond acceptors (Lipinski definition) is 6. The molecule has 3 aromatic rings. The molecule has 0 saturated carbocycles. The molecule has 1 unspecified atom stereocenters. The van der Waals surface area contributed by atoms with E-state index in [2.05, 4.69) is 10.6 Å². The average Bonchev–Trinajstić information content (AvgIpc) is 3.51. The first-order chi connectivity index (χ1) is 17.6. The highest BCUT2D eigenvalue weighted by molar-refractivity contribution is 6.02. The number of amides is 2. The van der Waals surface area contributed by atoms with E-state index in [0.717, 1.165) is 28.1 Å². The third-order valence-electron chi connectivity index (χ3n) is 7.07. The summed E-state index contributed by atoms with van der Waals surface area (Å²) in [5.41, 5.74) is 4.19. The second-order valence-electron chi connectivity index (χ2n) is 9.31. The second-order valence-corrected chi connectivity index (χ2v) is 9.31. The molecule has 2 amide bonds. The zero-order valence-corrected chi connectivity index (χ0v) is 20.0. The lowest BCUT2D eigenvalue weighted by molar-refractivity contribution is -0.121. The molecule has 0 aliphatic carbocycles. The molecule has 3 aromatic carbocycles. The molecule has 6 rings (SSSR count). The summed E-state index contributed by atoms with van der Waals surface area (Å²) in [7, 11) is 1.60. The topological polar surface area (TPSA) is 89.1 Å². The zero-order valence-electron chi connectivity index (χ0n) is 20.0. The van der Waals surface area contributed by atoms with Crippen LogP contribution in [0.15, 0.2) is 60.7 Å². The molecular weight excluding hydrogens is 458 g/mol. The van der Waals surface area contributed by atoms with Gasteiger partial charge in [-0.05, 0) is 47.9 Å². The smallest absolute Gasteiger partial charge is 0.256 e. The van der Waals surface area contributed by atoms with Crippen molar-refractivity contribution < 1.29 is 23.8 Å². The summed E-state index contributed by atoms with van der Waals surface area (Å²) in [6.45, 7) is 1.34. The number of nitrogens with one attached hydrogen (secondary N) is 2. The van der Waals surface area contributed by atoms with Crippen molar-refractivity contribution in [3.8, 4) is 28.4 Å². The molecule has 184 valence electrons. The molecule has 36 heavy (non-hydrogen) atoms. The van der Waals surface area contributed by atoms with Gasteiger partial charge in [-0.25, -0.2) is 0 Å². The van der Waals surface area contributed by atoms with E-state index >= 15 is 0 Å². The number of para-hydroxylation sites is 1. The van der Waals surface area contributed by atoms with Crippen molar-refractivity contribution in [3.63, 3.8) is 0 Å². The monoisotopic (exact) mass is 485 g/mol. The van der Waals surface area contributed by atoms with Crippen LogP contribution in [0, 0.1) is 0 Å². The van der Waals surface area contributed by atoms with Gasteiger partial charge in [-0.1, -0.05) is 30.3 Å². The summed E-state index contributed by atoms with van der Waals surface area (Å²) in [5, 5.41) is 6.56. The minimum atomic E-state index is -0.0958. The predicted molar refractivity (Wildman–Crippen MR) is 135 cm³/mol. The van der Waals surface area contributed by atoms with Crippen molar-refractivity contribution in [1.82, 2.24) is 10.2 Å². The molecule has 0 bridgehead atoms. The van der Waals surface area contributed by atoms with Gasteiger partial charge < -0.3 is 29.7 Å². The van der Waals surface area contributed by atoms with Crippen molar-refractivity contribution in [2.24, 2.45) is 0 Å². The summed E-state index contributed by atoms with van der Waals surface area (Å²) in [6.07, 6.45) is 0.943. The number of carbonyl (C=O) groups excluding carboxylic acids is 2. The standard InChI is InChI=1S/C28H27N3O5/c1-34-24-5-3-2-4-19(24)12-27(32)30-20-13-21-14-29-23-8-6-17(10-22(23)28(33)31(21)15-20)18-7-9-25-26(11-18)36-16-35-25/h2-11,20-21,29H,12-16H2,1H3,(H,30,32)/t20?,21-/m0/s1. The minimum absolute atomic E-state index is 0.00968. The van der Waals surface area contributed by atoms with E-state index < -0.39 is 0 Å². The van der Waals surface area contributed by atoms with Gasteiger partial charge in [0.2, 0.25) is 12.7 Å². The van der Waals surface area contributed by atoms with Crippen molar-refractivity contribution >= 4 is 17.5 Å². The predicted octanol–water partition coefficient (Wildman–Crippen LogP) is 3.46. The number of rotatable bonds is 5. The van der Waals surface area contributed by atoms with Gasteiger partial charge in [-0.3, -0.25) is 9.59 Å². The number of benzene rings is 3. The maximum atomic E-state index is 13.6. The molecule has 8 heteroatoms. The Kier molecular flexibility index (Phi) is 5.64. The molecule has 8 nitrogen and oxygen atoms in total. The van der Waals surface area contributed by atoms with Crippen molar-refractivity contribution in [2.45, 2.75) is 24.9 Å². The number of methoxy groups -OCH3 is 1. The normalized spacial score (nSPS) is 19.7. The van der Waals surface area contributed by atoms with Gasteiger partial charge in [0.1, 0.15) is 5.75 Å². The van der Waals surface area contributed by atoms with Crippen LogP contribution in [0.1, 0.15) is 22.3 Å². The molecule has 0 spiro atoms. The van der Waals surface area contributed by atoms with Gasteiger partial charge in [0.25, 0.3) is 5.91 Å². The van der Waals surface area contributed by atoms with Crippen LogP contribution < -0.4 is 24.8 Å². The summed E-state index contributed by atoms with van der Waals surface area (Å²) < 4.78 is 16.3. The SMILES string of the molecule is COc1ccccc1CC(=O)NC1C[C@H]2CNc3ccc(-c4ccc5c(c4)OCO5)cc3C(=O)N2C1. The molecule has 1 fully saturated rings. The maximum Gasteiger partial charge on any atom is 0.256 e. The van der Waals surface area contributed by atoms with E-state index in [1.54, 1.807) is 7.11 Å². The van der Waals surface area contributed by atoms with Crippen LogP contribution in [0.3, 0.4) is 0 Å². The summed E-state index contributed by atoms with van der Waals surface area (Å²) >= 11 is 0. The highest BCUT2D eigenvalue weighted by Gasteiger charge is 2.38. The quantitative estimate of drug-likeness (QED) is 0.576. The number of fused-ring (bicyclic) bond motifs is 3. The van der Waals surface area contributed by atoms with Crippen molar-refractivity contribution in [1.29, 1.82) is 0 Å². The van der Waals surface area contributed by atoms with Crippen LogP contribution in [0.2, 0.25) is 0 Å². The van der Waals surface area contributed by atoms with Crippen LogP contribution in [0.25, 0.3) is 11.1 Å². The molecule has 3 heterocycles. The highest BCUT2D eigenvalue weighted by Crippen LogP contribution is 2.37. The Hall–Kier alpha value is -4.20. The number of anilines is 1. The summed E-state index contributed by atoms with van der Waals surface area (Å²) in [6, 6.07) is 19.1. The van der Waals surface area contributed by atoms with Crippen molar-refractivity contribution in [2.75, 3.05) is 32.3 Å². The number of ether oxygens (including phenoxy) is 3. The van der Waals surface area contributed by atoms with Gasteiger partial charge in [-0.15, -0.1) is 0 Å². The molecule has 0 aromatic heterocycles. The molecular formula is C28H27N3O5. The van der Waals surface area contributed by atoms with Gasteiger partial charge >= 0.3 is 0 Å². The first kappa shape index (κ1) is 22.3. The van der Waals surface area contributed by atoms with Gasteiger partial charge in [0.05, 0.1) is 25.1 Å². The van der Waals surface area contributed by atoms with Gasteiger partial charge in [-0.2, -0.15) is 0 Å². The Morgan fingerprint density at radius 2 is 1.89 bits per heavy atom. The molecule has 0 radical (unpaired) electrons. The minimum Gasteiger partial charge on any atom is -0.496 e. The van der Waals surface area contributed by atoms with Gasteiger partial charge in [0.15, 0.2) is 11.5 Å². The van der Waals surface area contributed by atoms with E-state index in [-0.39, 0.29) is 37.1 Å². The second kappa shape index (κ2) is 9.11. The molecule has 2 atom stereocenters. The third kappa shape index (κ3) is 4.08. The Morgan fingerprint density at radius 3 is 2.78 bits per heavy atom. The van der Waals surface area contributed by atoms with E-state index in [4.69, 9.17) is 14.2 Å². The Bertz CT molecular complexity index is 1340. The first-order valence-electron chi connectivity index (χ1n) is 12.1. The number of carbonyl (C=O) groups is 2. The van der Waals surface area contributed by atoms with Crippen LogP contribution in [-0.2, 0) is 11.2 Å². The van der Waals surface area contributed by atoms with E-state index in [1.165, 1.54) is 0 Å². The largest absolute Gasteiger partial charge is 0.496 e.